The van der Waals surface area contributed by atoms with Gasteiger partial charge in [-0.2, -0.15) is 0 Å². The summed E-state index contributed by atoms with van der Waals surface area (Å²) >= 11 is 0. The van der Waals surface area contributed by atoms with Gasteiger partial charge in [-0.3, -0.25) is 14.9 Å². The number of nitro benzene ring substituents is 1. The van der Waals surface area contributed by atoms with E-state index in [9.17, 15) is 14.9 Å². The third-order valence-corrected chi connectivity index (χ3v) is 2.60. The standard InChI is InChI=1S/C12H11N3O3/c13-12(16)11-3-1-2-8-14(11)9-4-6-10(7-5-9)15(17)18/h1-8,11H,(H2,13,16). The van der Waals surface area contributed by atoms with Crippen LogP contribution in [0.1, 0.15) is 0 Å². The van der Waals surface area contributed by atoms with Crippen molar-refractivity contribution in [3.05, 3.63) is 58.8 Å². The first-order valence-electron chi connectivity index (χ1n) is 5.26. The second-order valence-electron chi connectivity index (χ2n) is 3.75. The molecule has 0 aromatic heterocycles. The molecule has 0 bridgehead atoms. The number of rotatable bonds is 3. The summed E-state index contributed by atoms with van der Waals surface area (Å²) in [5.41, 5.74) is 5.98. The molecule has 0 saturated carbocycles. The van der Waals surface area contributed by atoms with Gasteiger partial charge in [0.15, 0.2) is 0 Å². The monoisotopic (exact) mass is 245 g/mol. The van der Waals surface area contributed by atoms with Gasteiger partial charge in [0.25, 0.3) is 5.69 Å². The zero-order chi connectivity index (χ0) is 13.1. The van der Waals surface area contributed by atoms with Crippen molar-refractivity contribution in [2.24, 2.45) is 5.73 Å². The second-order valence-corrected chi connectivity index (χ2v) is 3.75. The van der Waals surface area contributed by atoms with Gasteiger partial charge in [0.05, 0.1) is 4.92 Å². The number of anilines is 1. The Kier molecular flexibility index (Phi) is 3.09. The quantitative estimate of drug-likeness (QED) is 0.642. The van der Waals surface area contributed by atoms with Crippen LogP contribution in [0.5, 0.6) is 0 Å². The molecule has 0 aliphatic carbocycles. The first-order chi connectivity index (χ1) is 8.59. The highest BCUT2D eigenvalue weighted by molar-refractivity contribution is 5.87. The van der Waals surface area contributed by atoms with Crippen molar-refractivity contribution in [3.8, 4) is 0 Å². The van der Waals surface area contributed by atoms with Gasteiger partial charge in [-0.25, -0.2) is 0 Å². The highest BCUT2D eigenvalue weighted by Gasteiger charge is 2.21. The molecule has 1 atom stereocenters. The molecule has 1 heterocycles. The fourth-order valence-electron chi connectivity index (χ4n) is 1.72. The van der Waals surface area contributed by atoms with Crippen LogP contribution in [-0.2, 0) is 4.79 Å². The van der Waals surface area contributed by atoms with E-state index in [1.165, 1.54) is 12.1 Å². The molecule has 6 nitrogen and oxygen atoms in total. The Labute approximate surface area is 103 Å². The number of non-ortho nitro benzene ring substituents is 1. The topological polar surface area (TPSA) is 89.5 Å². The van der Waals surface area contributed by atoms with Crippen LogP contribution in [0.4, 0.5) is 11.4 Å². The summed E-state index contributed by atoms with van der Waals surface area (Å²) in [6.07, 6.45) is 6.87. The smallest absolute Gasteiger partial charge is 0.269 e. The van der Waals surface area contributed by atoms with Gasteiger partial charge in [0.1, 0.15) is 6.04 Å². The summed E-state index contributed by atoms with van der Waals surface area (Å²) in [6.45, 7) is 0. The minimum absolute atomic E-state index is 0.00547. The van der Waals surface area contributed by atoms with E-state index < -0.39 is 16.9 Å². The first kappa shape index (κ1) is 11.8. The van der Waals surface area contributed by atoms with Gasteiger partial charge >= 0.3 is 0 Å². The Balaban J connectivity index is 2.30. The third kappa shape index (κ3) is 2.22. The molecule has 2 rings (SSSR count). The largest absolute Gasteiger partial charge is 0.368 e. The summed E-state index contributed by atoms with van der Waals surface area (Å²) in [4.78, 5) is 23.0. The SMILES string of the molecule is NC(=O)C1C=CC=CN1c1ccc([N+](=O)[O-])cc1. The van der Waals surface area contributed by atoms with Gasteiger partial charge in [-0.15, -0.1) is 0 Å². The number of hydrogen-bond acceptors (Lipinski definition) is 4. The molecular weight excluding hydrogens is 234 g/mol. The average molecular weight is 245 g/mol. The molecule has 0 spiro atoms. The first-order valence-corrected chi connectivity index (χ1v) is 5.26. The summed E-state index contributed by atoms with van der Waals surface area (Å²) in [5, 5.41) is 10.6. The van der Waals surface area contributed by atoms with Crippen LogP contribution in [-0.4, -0.2) is 16.9 Å². The summed E-state index contributed by atoms with van der Waals surface area (Å²) in [7, 11) is 0. The molecule has 18 heavy (non-hydrogen) atoms. The molecule has 0 fully saturated rings. The Morgan fingerprint density at radius 2 is 1.94 bits per heavy atom. The number of allylic oxidation sites excluding steroid dienone is 2. The molecule has 6 heteroatoms. The lowest BCUT2D eigenvalue weighted by molar-refractivity contribution is -0.384. The molecule has 1 aliphatic rings. The number of benzene rings is 1. The maximum absolute atomic E-state index is 11.3. The maximum Gasteiger partial charge on any atom is 0.269 e. The zero-order valence-electron chi connectivity index (χ0n) is 9.39. The van der Waals surface area contributed by atoms with Gasteiger partial charge in [-0.1, -0.05) is 12.2 Å². The van der Waals surface area contributed by atoms with Crippen LogP contribution in [0, 0.1) is 10.1 Å². The Bertz CT molecular complexity index is 534. The lowest BCUT2D eigenvalue weighted by Crippen LogP contribution is -2.41. The van der Waals surface area contributed by atoms with E-state index in [0.29, 0.717) is 5.69 Å². The van der Waals surface area contributed by atoms with Crippen molar-refractivity contribution >= 4 is 17.3 Å². The fourth-order valence-corrected chi connectivity index (χ4v) is 1.72. The number of nitro groups is 1. The fraction of sp³-hybridized carbons (Fsp3) is 0.0833. The van der Waals surface area contributed by atoms with Crippen molar-refractivity contribution in [2.75, 3.05) is 4.90 Å². The van der Waals surface area contributed by atoms with E-state index in [0.717, 1.165) is 0 Å². The molecule has 2 N–H and O–H groups in total. The van der Waals surface area contributed by atoms with E-state index in [-0.39, 0.29) is 5.69 Å². The molecule has 1 aromatic rings. The predicted molar refractivity (Wildman–Crippen MR) is 66.8 cm³/mol. The van der Waals surface area contributed by atoms with Gasteiger partial charge in [0.2, 0.25) is 5.91 Å². The highest BCUT2D eigenvalue weighted by atomic mass is 16.6. The molecule has 0 saturated heterocycles. The third-order valence-electron chi connectivity index (χ3n) is 2.60. The van der Waals surface area contributed by atoms with Crippen LogP contribution >= 0.6 is 0 Å². The van der Waals surface area contributed by atoms with Crippen LogP contribution in [0.3, 0.4) is 0 Å². The van der Waals surface area contributed by atoms with Crippen molar-refractivity contribution in [1.82, 2.24) is 0 Å². The van der Waals surface area contributed by atoms with E-state index in [2.05, 4.69) is 0 Å². The van der Waals surface area contributed by atoms with Gasteiger partial charge in [-0.05, 0) is 18.2 Å². The zero-order valence-corrected chi connectivity index (χ0v) is 9.39. The normalized spacial score (nSPS) is 17.8. The Morgan fingerprint density at radius 3 is 2.50 bits per heavy atom. The van der Waals surface area contributed by atoms with Gasteiger partial charge in [0, 0.05) is 24.0 Å². The van der Waals surface area contributed by atoms with Gasteiger partial charge < -0.3 is 10.6 Å². The molecule has 1 amide bonds. The average Bonchev–Trinajstić information content (AvgIpc) is 2.39. The molecule has 1 aromatic carbocycles. The molecule has 92 valence electrons. The van der Waals surface area contributed by atoms with Crippen LogP contribution in [0.25, 0.3) is 0 Å². The summed E-state index contributed by atoms with van der Waals surface area (Å²) < 4.78 is 0. The molecule has 1 unspecified atom stereocenters. The highest BCUT2D eigenvalue weighted by Crippen LogP contribution is 2.23. The number of carbonyl (C=O) groups is 1. The Hall–Kier alpha value is -2.63. The lowest BCUT2D eigenvalue weighted by atomic mass is 10.1. The van der Waals surface area contributed by atoms with Crippen LogP contribution in [0.2, 0.25) is 0 Å². The number of amides is 1. The minimum atomic E-state index is -0.573. The predicted octanol–water partition coefficient (Wildman–Crippen LogP) is 1.34. The molecular formula is C12H11N3O3. The van der Waals surface area contributed by atoms with Crippen LogP contribution < -0.4 is 10.6 Å². The van der Waals surface area contributed by atoms with Crippen molar-refractivity contribution < 1.29 is 9.72 Å². The number of nitrogens with two attached hydrogens (primary N) is 1. The van der Waals surface area contributed by atoms with E-state index in [4.69, 9.17) is 5.73 Å². The van der Waals surface area contributed by atoms with E-state index in [1.54, 1.807) is 41.5 Å². The molecule has 1 aliphatic heterocycles. The summed E-state index contributed by atoms with van der Waals surface area (Å²) in [6, 6.07) is 5.37. The maximum atomic E-state index is 11.3. The molecule has 0 radical (unpaired) electrons. The second kappa shape index (κ2) is 4.70. The van der Waals surface area contributed by atoms with Crippen molar-refractivity contribution in [1.29, 1.82) is 0 Å². The van der Waals surface area contributed by atoms with E-state index >= 15 is 0 Å². The lowest BCUT2D eigenvalue weighted by Gasteiger charge is -2.27. The number of hydrogen-bond donors (Lipinski definition) is 1. The number of primary amides is 1. The van der Waals surface area contributed by atoms with Crippen molar-refractivity contribution in [2.45, 2.75) is 6.04 Å². The van der Waals surface area contributed by atoms with E-state index in [1.807, 2.05) is 0 Å². The number of carbonyl (C=O) groups excluding carboxylic acids is 1. The Morgan fingerprint density at radius 1 is 1.28 bits per heavy atom. The van der Waals surface area contributed by atoms with Crippen LogP contribution in [0.15, 0.2) is 48.7 Å². The minimum Gasteiger partial charge on any atom is -0.368 e. The summed E-state index contributed by atoms with van der Waals surface area (Å²) in [5.74, 6) is -0.478. The van der Waals surface area contributed by atoms with Crippen molar-refractivity contribution in [3.63, 3.8) is 0 Å². The number of nitrogens with zero attached hydrogens (tertiary/aromatic N) is 2.